The van der Waals surface area contributed by atoms with Gasteiger partial charge in [0.05, 0.1) is 22.0 Å². The van der Waals surface area contributed by atoms with Gasteiger partial charge in [-0.05, 0) is 29.8 Å². The molecule has 1 heterocycles. The standard InChI is InChI=1S/C15H10F3N3S/c16-15(17,18)11-7-5-10(6-8-11)9-19-21-14-20-12-3-1-2-4-13(12)22-14/h1-9H,(H,20,21)/b19-9+. The van der Waals surface area contributed by atoms with Crippen LogP contribution in [0.5, 0.6) is 0 Å². The molecule has 1 N–H and O–H groups in total. The number of benzene rings is 2. The smallest absolute Gasteiger partial charge is 0.253 e. The van der Waals surface area contributed by atoms with E-state index in [4.69, 9.17) is 0 Å². The SMILES string of the molecule is FC(F)(F)c1ccc(/C=N/Nc2nc3ccccc3s2)cc1. The molecule has 7 heteroatoms. The van der Waals surface area contributed by atoms with Crippen LogP contribution in [0.2, 0.25) is 0 Å². The summed E-state index contributed by atoms with van der Waals surface area (Å²) in [7, 11) is 0. The van der Waals surface area contributed by atoms with Crippen molar-refractivity contribution in [3.05, 3.63) is 59.7 Å². The van der Waals surface area contributed by atoms with Gasteiger partial charge in [-0.3, -0.25) is 5.43 Å². The highest BCUT2D eigenvalue weighted by molar-refractivity contribution is 7.22. The molecule has 0 bridgehead atoms. The second-order valence-electron chi connectivity index (χ2n) is 4.48. The predicted molar refractivity (Wildman–Crippen MR) is 82.3 cm³/mol. The van der Waals surface area contributed by atoms with Crippen molar-refractivity contribution in [3.8, 4) is 0 Å². The number of anilines is 1. The molecule has 3 rings (SSSR count). The summed E-state index contributed by atoms with van der Waals surface area (Å²) < 4.78 is 38.4. The number of alkyl halides is 3. The van der Waals surface area contributed by atoms with Gasteiger partial charge in [-0.15, -0.1) is 0 Å². The summed E-state index contributed by atoms with van der Waals surface area (Å²) in [4.78, 5) is 4.34. The van der Waals surface area contributed by atoms with Crippen molar-refractivity contribution in [2.75, 3.05) is 5.43 Å². The van der Waals surface area contributed by atoms with Gasteiger partial charge in [-0.25, -0.2) is 4.98 Å². The third kappa shape index (κ3) is 3.25. The molecular formula is C15H10F3N3S. The Morgan fingerprint density at radius 1 is 1.05 bits per heavy atom. The van der Waals surface area contributed by atoms with E-state index in [2.05, 4.69) is 15.5 Å². The van der Waals surface area contributed by atoms with Crippen LogP contribution >= 0.6 is 11.3 Å². The zero-order chi connectivity index (χ0) is 15.6. The zero-order valence-corrected chi connectivity index (χ0v) is 11.9. The summed E-state index contributed by atoms with van der Waals surface area (Å²) in [6.07, 6.45) is -2.87. The average Bonchev–Trinajstić information content (AvgIpc) is 2.89. The number of aromatic nitrogens is 1. The molecule has 1 aromatic heterocycles. The van der Waals surface area contributed by atoms with Crippen molar-refractivity contribution in [1.29, 1.82) is 0 Å². The normalized spacial score (nSPS) is 12.1. The number of nitrogens with one attached hydrogen (secondary N) is 1. The Labute approximate surface area is 128 Å². The van der Waals surface area contributed by atoms with Crippen molar-refractivity contribution in [2.24, 2.45) is 5.10 Å². The molecule has 0 aliphatic carbocycles. The number of nitrogens with zero attached hydrogens (tertiary/aromatic N) is 2. The third-order valence-electron chi connectivity index (χ3n) is 2.91. The maximum atomic E-state index is 12.4. The largest absolute Gasteiger partial charge is 0.416 e. The lowest BCUT2D eigenvalue weighted by Gasteiger charge is -2.05. The molecule has 0 saturated carbocycles. The second-order valence-corrected chi connectivity index (χ2v) is 5.51. The van der Waals surface area contributed by atoms with Gasteiger partial charge in [0.2, 0.25) is 5.13 Å². The Hall–Kier alpha value is -2.41. The Morgan fingerprint density at radius 3 is 2.45 bits per heavy atom. The summed E-state index contributed by atoms with van der Waals surface area (Å²) in [6, 6.07) is 12.5. The predicted octanol–water partition coefficient (Wildman–Crippen LogP) is 4.76. The van der Waals surface area contributed by atoms with Crippen molar-refractivity contribution in [2.45, 2.75) is 6.18 Å². The minimum Gasteiger partial charge on any atom is -0.253 e. The third-order valence-corrected chi connectivity index (χ3v) is 3.85. The molecule has 112 valence electrons. The number of rotatable bonds is 3. The summed E-state index contributed by atoms with van der Waals surface area (Å²) in [5, 5.41) is 4.62. The molecule has 0 fully saturated rings. The molecule has 0 radical (unpaired) electrons. The van der Waals surface area contributed by atoms with Gasteiger partial charge in [-0.1, -0.05) is 35.6 Å². The van der Waals surface area contributed by atoms with Gasteiger partial charge < -0.3 is 0 Å². The van der Waals surface area contributed by atoms with Gasteiger partial charge in [0.25, 0.3) is 0 Å². The highest BCUT2D eigenvalue weighted by atomic mass is 32.1. The molecule has 0 spiro atoms. The molecule has 22 heavy (non-hydrogen) atoms. The van der Waals surface area contributed by atoms with Crippen LogP contribution in [0.25, 0.3) is 10.2 Å². The van der Waals surface area contributed by atoms with Gasteiger partial charge in [0, 0.05) is 0 Å². The van der Waals surface area contributed by atoms with Crippen LogP contribution in [-0.2, 0) is 6.18 Å². The summed E-state index contributed by atoms with van der Waals surface area (Å²) in [5.74, 6) is 0. The number of hydrogen-bond donors (Lipinski definition) is 1. The van der Waals surface area contributed by atoms with Crippen LogP contribution in [-0.4, -0.2) is 11.2 Å². The quantitative estimate of drug-likeness (QED) is 0.558. The fourth-order valence-corrected chi connectivity index (χ4v) is 2.66. The Balaban J connectivity index is 1.69. The molecular weight excluding hydrogens is 311 g/mol. The minimum absolute atomic E-state index is 0.571. The summed E-state index contributed by atoms with van der Waals surface area (Å²) in [5.41, 5.74) is 3.55. The lowest BCUT2D eigenvalue weighted by Crippen LogP contribution is -2.04. The molecule has 0 atom stereocenters. The Kier molecular flexibility index (Phi) is 3.81. The van der Waals surface area contributed by atoms with E-state index in [9.17, 15) is 13.2 Å². The fourth-order valence-electron chi connectivity index (χ4n) is 1.84. The topological polar surface area (TPSA) is 37.3 Å². The number of fused-ring (bicyclic) bond motifs is 1. The van der Waals surface area contributed by atoms with E-state index in [1.165, 1.54) is 29.7 Å². The Bertz CT molecular complexity index is 774. The van der Waals surface area contributed by atoms with E-state index in [1.807, 2.05) is 24.3 Å². The number of hydrogen-bond acceptors (Lipinski definition) is 4. The maximum Gasteiger partial charge on any atom is 0.416 e. The molecule has 2 aromatic carbocycles. The molecule has 3 aromatic rings. The maximum absolute atomic E-state index is 12.4. The first-order valence-corrected chi connectivity index (χ1v) is 7.16. The van der Waals surface area contributed by atoms with E-state index in [0.29, 0.717) is 10.7 Å². The first-order chi connectivity index (χ1) is 10.5. The van der Waals surface area contributed by atoms with Crippen LogP contribution in [0.4, 0.5) is 18.3 Å². The van der Waals surface area contributed by atoms with E-state index < -0.39 is 11.7 Å². The van der Waals surface area contributed by atoms with E-state index >= 15 is 0 Å². The van der Waals surface area contributed by atoms with Gasteiger partial charge in [0.1, 0.15) is 0 Å². The first kappa shape index (κ1) is 14.5. The van der Waals surface area contributed by atoms with Gasteiger partial charge in [0.15, 0.2) is 0 Å². The minimum atomic E-state index is -4.32. The van der Waals surface area contributed by atoms with Crippen molar-refractivity contribution in [1.82, 2.24) is 4.98 Å². The number of thiazole rings is 1. The lowest BCUT2D eigenvalue weighted by atomic mass is 10.1. The summed E-state index contributed by atoms with van der Waals surface area (Å²) in [6.45, 7) is 0. The lowest BCUT2D eigenvalue weighted by molar-refractivity contribution is -0.137. The van der Waals surface area contributed by atoms with Crippen LogP contribution < -0.4 is 5.43 Å². The molecule has 0 aliphatic rings. The summed E-state index contributed by atoms with van der Waals surface area (Å²) >= 11 is 1.45. The fraction of sp³-hybridized carbons (Fsp3) is 0.0667. The molecule has 3 nitrogen and oxygen atoms in total. The number of para-hydroxylation sites is 1. The average molecular weight is 321 g/mol. The van der Waals surface area contributed by atoms with Crippen molar-refractivity contribution >= 4 is 32.9 Å². The van der Waals surface area contributed by atoms with Crippen LogP contribution in [0.3, 0.4) is 0 Å². The molecule has 0 saturated heterocycles. The monoisotopic (exact) mass is 321 g/mol. The second kappa shape index (κ2) is 5.76. The molecule has 0 amide bonds. The highest BCUT2D eigenvalue weighted by Crippen LogP contribution is 2.29. The molecule has 0 aliphatic heterocycles. The Morgan fingerprint density at radius 2 is 1.77 bits per heavy atom. The highest BCUT2D eigenvalue weighted by Gasteiger charge is 2.29. The first-order valence-electron chi connectivity index (χ1n) is 6.34. The van der Waals surface area contributed by atoms with E-state index in [-0.39, 0.29) is 0 Å². The van der Waals surface area contributed by atoms with Crippen LogP contribution in [0, 0.1) is 0 Å². The van der Waals surface area contributed by atoms with E-state index in [0.717, 1.165) is 22.3 Å². The van der Waals surface area contributed by atoms with Gasteiger partial charge >= 0.3 is 6.18 Å². The van der Waals surface area contributed by atoms with Crippen LogP contribution in [0.1, 0.15) is 11.1 Å². The zero-order valence-electron chi connectivity index (χ0n) is 11.1. The number of hydrazone groups is 1. The van der Waals surface area contributed by atoms with Crippen LogP contribution in [0.15, 0.2) is 53.6 Å². The van der Waals surface area contributed by atoms with Crippen molar-refractivity contribution < 1.29 is 13.2 Å². The number of halogens is 3. The van der Waals surface area contributed by atoms with E-state index in [1.54, 1.807) is 0 Å². The van der Waals surface area contributed by atoms with Gasteiger partial charge in [-0.2, -0.15) is 18.3 Å². The van der Waals surface area contributed by atoms with Crippen molar-refractivity contribution in [3.63, 3.8) is 0 Å². The molecule has 0 unspecified atom stereocenters.